The van der Waals surface area contributed by atoms with Crippen LogP contribution in [0.25, 0.3) is 0 Å². The SMILES string of the molecule is CC(C)(C)[C@@H]1CCc2c(sc3c2C(=O)N[C@H](c2ccccc2Cl)N3)C1. The third kappa shape index (κ3) is 2.96. The lowest BCUT2D eigenvalue weighted by atomic mass is 9.72. The van der Waals surface area contributed by atoms with Crippen LogP contribution in [-0.2, 0) is 12.8 Å². The first-order chi connectivity index (χ1) is 11.8. The van der Waals surface area contributed by atoms with Gasteiger partial charge in [-0.1, -0.05) is 50.6 Å². The molecular formula is C20H23ClN2OS. The molecule has 0 fully saturated rings. The van der Waals surface area contributed by atoms with E-state index in [1.807, 2.05) is 24.3 Å². The molecule has 2 atom stereocenters. The number of benzene rings is 1. The van der Waals surface area contributed by atoms with Gasteiger partial charge in [-0.05, 0) is 42.2 Å². The predicted molar refractivity (Wildman–Crippen MR) is 105 cm³/mol. The van der Waals surface area contributed by atoms with Crippen molar-refractivity contribution in [3.8, 4) is 0 Å². The molecule has 0 bridgehead atoms. The first kappa shape index (κ1) is 16.9. The Bertz CT molecular complexity index is 837. The summed E-state index contributed by atoms with van der Waals surface area (Å²) in [5, 5.41) is 8.24. The number of carbonyl (C=O) groups is 1. The molecule has 0 saturated carbocycles. The van der Waals surface area contributed by atoms with Gasteiger partial charge in [-0.15, -0.1) is 11.3 Å². The minimum Gasteiger partial charge on any atom is -0.353 e. The molecule has 2 aromatic rings. The Labute approximate surface area is 157 Å². The van der Waals surface area contributed by atoms with Gasteiger partial charge in [0.15, 0.2) is 0 Å². The molecular weight excluding hydrogens is 352 g/mol. The quantitative estimate of drug-likeness (QED) is 0.701. The van der Waals surface area contributed by atoms with Gasteiger partial charge in [-0.3, -0.25) is 4.79 Å². The normalized spacial score (nSPS) is 22.6. The smallest absolute Gasteiger partial charge is 0.256 e. The van der Waals surface area contributed by atoms with E-state index in [9.17, 15) is 4.79 Å². The maximum atomic E-state index is 12.8. The molecule has 1 aliphatic carbocycles. The summed E-state index contributed by atoms with van der Waals surface area (Å²) in [4.78, 5) is 14.2. The van der Waals surface area contributed by atoms with Crippen molar-refractivity contribution in [3.05, 3.63) is 50.9 Å². The van der Waals surface area contributed by atoms with Crippen LogP contribution in [0.3, 0.4) is 0 Å². The van der Waals surface area contributed by atoms with Crippen LogP contribution in [-0.4, -0.2) is 5.91 Å². The molecule has 2 N–H and O–H groups in total. The van der Waals surface area contributed by atoms with Crippen LogP contribution in [0.4, 0.5) is 5.00 Å². The number of rotatable bonds is 1. The largest absolute Gasteiger partial charge is 0.353 e. The van der Waals surface area contributed by atoms with E-state index in [1.165, 1.54) is 10.4 Å². The van der Waals surface area contributed by atoms with Gasteiger partial charge in [0.05, 0.1) is 5.56 Å². The molecule has 1 amide bonds. The Kier molecular flexibility index (Phi) is 4.08. The Balaban J connectivity index is 1.67. The van der Waals surface area contributed by atoms with E-state index in [-0.39, 0.29) is 12.1 Å². The van der Waals surface area contributed by atoms with Crippen LogP contribution in [0.15, 0.2) is 24.3 Å². The zero-order chi connectivity index (χ0) is 17.8. The molecule has 0 radical (unpaired) electrons. The molecule has 5 heteroatoms. The highest BCUT2D eigenvalue weighted by Crippen LogP contribution is 2.46. The van der Waals surface area contributed by atoms with Gasteiger partial charge in [0, 0.05) is 15.5 Å². The summed E-state index contributed by atoms with van der Waals surface area (Å²) in [6.45, 7) is 6.94. The lowest BCUT2D eigenvalue weighted by Gasteiger charge is -2.34. The third-order valence-corrected chi connectivity index (χ3v) is 7.01. The van der Waals surface area contributed by atoms with E-state index in [1.54, 1.807) is 11.3 Å². The fraction of sp³-hybridized carbons (Fsp3) is 0.450. The van der Waals surface area contributed by atoms with Crippen LogP contribution in [0, 0.1) is 11.3 Å². The van der Waals surface area contributed by atoms with Gasteiger partial charge >= 0.3 is 0 Å². The van der Waals surface area contributed by atoms with Gasteiger partial charge in [0.1, 0.15) is 11.2 Å². The second kappa shape index (κ2) is 6.03. The number of anilines is 1. The molecule has 0 spiro atoms. The van der Waals surface area contributed by atoms with Gasteiger partial charge in [-0.25, -0.2) is 0 Å². The highest BCUT2D eigenvalue weighted by atomic mass is 35.5. The van der Waals surface area contributed by atoms with Gasteiger partial charge in [0.2, 0.25) is 0 Å². The fourth-order valence-corrected chi connectivity index (χ4v) is 5.50. The number of nitrogens with one attached hydrogen (secondary N) is 2. The van der Waals surface area contributed by atoms with Crippen molar-refractivity contribution in [3.63, 3.8) is 0 Å². The second-order valence-electron chi connectivity index (χ2n) is 8.09. The van der Waals surface area contributed by atoms with E-state index >= 15 is 0 Å². The maximum absolute atomic E-state index is 12.8. The van der Waals surface area contributed by atoms with E-state index in [0.29, 0.717) is 16.4 Å². The minimum atomic E-state index is -0.271. The monoisotopic (exact) mass is 374 g/mol. The first-order valence-electron chi connectivity index (χ1n) is 8.81. The maximum Gasteiger partial charge on any atom is 0.256 e. The van der Waals surface area contributed by atoms with Crippen LogP contribution in [0.2, 0.25) is 5.02 Å². The number of fused-ring (bicyclic) bond motifs is 3. The zero-order valence-corrected chi connectivity index (χ0v) is 16.4. The fourth-order valence-electron chi connectivity index (χ4n) is 3.90. The average Bonchev–Trinajstić information content (AvgIpc) is 2.92. The van der Waals surface area contributed by atoms with Gasteiger partial charge < -0.3 is 10.6 Å². The van der Waals surface area contributed by atoms with E-state index in [0.717, 1.165) is 35.4 Å². The standard InChI is InChI=1S/C20H23ClN2OS/c1-20(2,3)11-8-9-13-15(10-11)25-19-16(13)18(24)22-17(23-19)12-6-4-5-7-14(12)21/h4-7,11,17,23H,8-10H2,1-3H3,(H,22,24)/t11-,17+/m1/s1. The lowest BCUT2D eigenvalue weighted by Crippen LogP contribution is -2.38. The van der Waals surface area contributed by atoms with Crippen molar-refractivity contribution in [2.24, 2.45) is 11.3 Å². The summed E-state index contributed by atoms with van der Waals surface area (Å²) in [6.07, 6.45) is 2.95. The molecule has 4 rings (SSSR count). The molecule has 132 valence electrons. The zero-order valence-electron chi connectivity index (χ0n) is 14.8. The van der Waals surface area contributed by atoms with Crippen LogP contribution >= 0.6 is 22.9 Å². The summed E-state index contributed by atoms with van der Waals surface area (Å²) in [5.74, 6) is 0.688. The van der Waals surface area contributed by atoms with Gasteiger partial charge in [0.25, 0.3) is 5.91 Å². The van der Waals surface area contributed by atoms with Crippen LogP contribution < -0.4 is 10.6 Å². The molecule has 1 aliphatic heterocycles. The highest BCUT2D eigenvalue weighted by Gasteiger charge is 2.36. The van der Waals surface area contributed by atoms with Crippen molar-refractivity contribution in [1.29, 1.82) is 0 Å². The average molecular weight is 375 g/mol. The number of hydrogen-bond donors (Lipinski definition) is 2. The summed E-state index contributed by atoms with van der Waals surface area (Å²) >= 11 is 8.07. The summed E-state index contributed by atoms with van der Waals surface area (Å²) in [6, 6.07) is 7.65. The number of hydrogen-bond acceptors (Lipinski definition) is 3. The Morgan fingerprint density at radius 1 is 1.20 bits per heavy atom. The number of thiophene rings is 1. The molecule has 1 aromatic heterocycles. The van der Waals surface area contributed by atoms with E-state index < -0.39 is 0 Å². The van der Waals surface area contributed by atoms with Gasteiger partial charge in [-0.2, -0.15) is 0 Å². The summed E-state index contributed by atoms with van der Waals surface area (Å²) in [7, 11) is 0. The molecule has 2 heterocycles. The predicted octanol–water partition coefficient (Wildman–Crippen LogP) is 5.41. The Morgan fingerprint density at radius 3 is 2.68 bits per heavy atom. The summed E-state index contributed by atoms with van der Waals surface area (Å²) in [5.41, 5.74) is 3.32. The topological polar surface area (TPSA) is 41.1 Å². The van der Waals surface area contributed by atoms with Crippen molar-refractivity contribution >= 4 is 33.8 Å². The molecule has 1 aromatic carbocycles. The Morgan fingerprint density at radius 2 is 1.96 bits per heavy atom. The van der Waals surface area contributed by atoms with Crippen molar-refractivity contribution < 1.29 is 4.79 Å². The second-order valence-corrected chi connectivity index (χ2v) is 9.60. The molecule has 0 unspecified atom stereocenters. The molecule has 2 aliphatic rings. The van der Waals surface area contributed by atoms with E-state index in [4.69, 9.17) is 11.6 Å². The van der Waals surface area contributed by atoms with Crippen molar-refractivity contribution in [2.45, 2.75) is 46.2 Å². The molecule has 0 saturated heterocycles. The minimum absolute atomic E-state index is 0.0189. The first-order valence-corrected chi connectivity index (χ1v) is 10.0. The third-order valence-electron chi connectivity index (χ3n) is 5.48. The van der Waals surface area contributed by atoms with Crippen molar-refractivity contribution in [2.75, 3.05) is 5.32 Å². The van der Waals surface area contributed by atoms with Crippen LogP contribution in [0.1, 0.15) is 59.7 Å². The Hall–Kier alpha value is -1.52. The summed E-state index contributed by atoms with van der Waals surface area (Å²) < 4.78 is 0. The molecule has 3 nitrogen and oxygen atoms in total. The van der Waals surface area contributed by atoms with Crippen molar-refractivity contribution in [1.82, 2.24) is 5.32 Å². The molecule has 25 heavy (non-hydrogen) atoms. The number of amides is 1. The number of halogens is 1. The van der Waals surface area contributed by atoms with Crippen LogP contribution in [0.5, 0.6) is 0 Å². The lowest BCUT2D eigenvalue weighted by molar-refractivity contribution is 0.0935. The highest BCUT2D eigenvalue weighted by molar-refractivity contribution is 7.16. The number of carbonyl (C=O) groups excluding carboxylic acids is 1. The van der Waals surface area contributed by atoms with E-state index in [2.05, 4.69) is 31.4 Å².